The number of imidazole rings is 1. The van der Waals surface area contributed by atoms with E-state index in [4.69, 9.17) is 16.3 Å². The first-order chi connectivity index (χ1) is 9.97. The zero-order chi connectivity index (χ0) is 15.4. The summed E-state index contributed by atoms with van der Waals surface area (Å²) in [7, 11) is 0. The summed E-state index contributed by atoms with van der Waals surface area (Å²) >= 11 is 6.23. The molecule has 5 heteroatoms. The Hall–Kier alpha value is -1.68. The van der Waals surface area contributed by atoms with Crippen LogP contribution in [0.25, 0.3) is 0 Å². The summed E-state index contributed by atoms with van der Waals surface area (Å²) in [6.45, 7) is 8.95. The van der Waals surface area contributed by atoms with Gasteiger partial charge in [-0.2, -0.15) is 0 Å². The molecule has 0 aliphatic heterocycles. The fourth-order valence-corrected chi connectivity index (χ4v) is 2.31. The van der Waals surface area contributed by atoms with Gasteiger partial charge in [0.15, 0.2) is 0 Å². The van der Waals surface area contributed by atoms with Crippen LogP contribution in [-0.2, 0) is 6.54 Å². The van der Waals surface area contributed by atoms with E-state index in [-0.39, 0.29) is 6.10 Å². The SMILES string of the molecule is CC(C)Oc1ccc(NCc2cncn2C(C)C)cc1Cl. The van der Waals surface area contributed by atoms with E-state index >= 15 is 0 Å². The van der Waals surface area contributed by atoms with Gasteiger partial charge in [-0.1, -0.05) is 11.6 Å². The Labute approximate surface area is 131 Å². The molecule has 0 radical (unpaired) electrons. The number of nitrogens with one attached hydrogen (secondary N) is 1. The molecular weight excluding hydrogens is 286 g/mol. The molecule has 4 nitrogen and oxygen atoms in total. The molecule has 0 bridgehead atoms. The lowest BCUT2D eigenvalue weighted by Crippen LogP contribution is -2.09. The van der Waals surface area contributed by atoms with Gasteiger partial charge in [-0.05, 0) is 45.9 Å². The number of ether oxygens (including phenoxy) is 1. The number of rotatable bonds is 6. The second-order valence-electron chi connectivity index (χ2n) is 5.55. The van der Waals surface area contributed by atoms with Crippen molar-refractivity contribution in [2.75, 3.05) is 5.32 Å². The van der Waals surface area contributed by atoms with E-state index in [0.29, 0.717) is 23.4 Å². The van der Waals surface area contributed by atoms with Crippen LogP contribution in [0.1, 0.15) is 39.4 Å². The third kappa shape index (κ3) is 4.14. The minimum Gasteiger partial charge on any atom is -0.489 e. The van der Waals surface area contributed by atoms with Crippen LogP contribution in [0.4, 0.5) is 5.69 Å². The van der Waals surface area contributed by atoms with Crippen molar-refractivity contribution in [1.82, 2.24) is 9.55 Å². The monoisotopic (exact) mass is 307 g/mol. The maximum absolute atomic E-state index is 6.23. The second-order valence-corrected chi connectivity index (χ2v) is 5.96. The van der Waals surface area contributed by atoms with Gasteiger partial charge >= 0.3 is 0 Å². The summed E-state index contributed by atoms with van der Waals surface area (Å²) < 4.78 is 7.77. The average Bonchev–Trinajstić information content (AvgIpc) is 2.87. The van der Waals surface area contributed by atoms with Crippen molar-refractivity contribution in [2.24, 2.45) is 0 Å². The summed E-state index contributed by atoms with van der Waals surface area (Å²) in [5, 5.41) is 3.98. The Morgan fingerprint density at radius 2 is 2.05 bits per heavy atom. The zero-order valence-electron chi connectivity index (χ0n) is 12.9. The molecule has 0 unspecified atom stereocenters. The average molecular weight is 308 g/mol. The van der Waals surface area contributed by atoms with Crippen LogP contribution in [-0.4, -0.2) is 15.7 Å². The quantitative estimate of drug-likeness (QED) is 0.853. The van der Waals surface area contributed by atoms with Crippen LogP contribution in [0, 0.1) is 0 Å². The maximum atomic E-state index is 6.23. The molecule has 0 spiro atoms. The summed E-state index contributed by atoms with van der Waals surface area (Å²) in [4.78, 5) is 4.20. The van der Waals surface area contributed by atoms with Crippen molar-refractivity contribution >= 4 is 17.3 Å². The highest BCUT2D eigenvalue weighted by atomic mass is 35.5. The number of nitrogens with zero attached hydrogens (tertiary/aromatic N) is 2. The third-order valence-corrected chi connectivity index (χ3v) is 3.37. The lowest BCUT2D eigenvalue weighted by Gasteiger charge is -2.15. The molecule has 2 aromatic rings. The molecule has 0 saturated carbocycles. The van der Waals surface area contributed by atoms with Gasteiger partial charge in [0.2, 0.25) is 0 Å². The number of hydrogen-bond donors (Lipinski definition) is 1. The molecule has 1 aromatic carbocycles. The zero-order valence-corrected chi connectivity index (χ0v) is 13.7. The van der Waals surface area contributed by atoms with Crippen molar-refractivity contribution in [3.8, 4) is 5.75 Å². The van der Waals surface area contributed by atoms with Gasteiger partial charge in [0, 0.05) is 17.9 Å². The number of halogens is 1. The molecule has 114 valence electrons. The first kappa shape index (κ1) is 15.7. The van der Waals surface area contributed by atoms with E-state index in [0.717, 1.165) is 11.4 Å². The molecular formula is C16H22ClN3O. The van der Waals surface area contributed by atoms with Crippen molar-refractivity contribution in [2.45, 2.75) is 46.4 Å². The maximum Gasteiger partial charge on any atom is 0.138 e. The summed E-state index contributed by atoms with van der Waals surface area (Å²) in [6, 6.07) is 6.15. The van der Waals surface area contributed by atoms with Crippen LogP contribution in [0.5, 0.6) is 5.75 Å². The number of anilines is 1. The van der Waals surface area contributed by atoms with Crippen LogP contribution >= 0.6 is 11.6 Å². The van der Waals surface area contributed by atoms with Gasteiger partial charge in [-0.25, -0.2) is 4.98 Å². The number of benzene rings is 1. The van der Waals surface area contributed by atoms with Gasteiger partial charge in [-0.3, -0.25) is 0 Å². The smallest absolute Gasteiger partial charge is 0.138 e. The largest absolute Gasteiger partial charge is 0.489 e. The predicted octanol–water partition coefficient (Wildman–Crippen LogP) is 4.52. The molecule has 0 aliphatic carbocycles. The van der Waals surface area contributed by atoms with Gasteiger partial charge in [0.1, 0.15) is 5.75 Å². The van der Waals surface area contributed by atoms with Crippen molar-refractivity contribution < 1.29 is 4.74 Å². The molecule has 0 saturated heterocycles. The standard InChI is InChI=1S/C16H22ClN3O/c1-11(2)20-10-18-8-14(20)9-19-13-5-6-16(15(17)7-13)21-12(3)4/h5-8,10-12,19H,9H2,1-4H3. The first-order valence-corrected chi connectivity index (χ1v) is 7.56. The highest BCUT2D eigenvalue weighted by Gasteiger charge is 2.07. The first-order valence-electron chi connectivity index (χ1n) is 7.18. The molecule has 1 N–H and O–H groups in total. The van der Waals surface area contributed by atoms with Gasteiger partial charge < -0.3 is 14.6 Å². The van der Waals surface area contributed by atoms with E-state index in [9.17, 15) is 0 Å². The molecule has 0 amide bonds. The summed E-state index contributed by atoms with van der Waals surface area (Å²) in [6.07, 6.45) is 3.85. The van der Waals surface area contributed by atoms with E-state index in [1.807, 2.05) is 44.6 Å². The molecule has 1 heterocycles. The Morgan fingerprint density at radius 3 is 2.67 bits per heavy atom. The molecule has 0 fully saturated rings. The summed E-state index contributed by atoms with van der Waals surface area (Å²) in [5.41, 5.74) is 2.11. The van der Waals surface area contributed by atoms with Crippen LogP contribution in [0.2, 0.25) is 5.02 Å². The van der Waals surface area contributed by atoms with E-state index in [2.05, 4.69) is 28.7 Å². The molecule has 2 rings (SSSR count). The normalized spacial score (nSPS) is 11.2. The Balaban J connectivity index is 2.03. The lowest BCUT2D eigenvalue weighted by atomic mass is 10.3. The van der Waals surface area contributed by atoms with Crippen LogP contribution in [0.15, 0.2) is 30.7 Å². The molecule has 21 heavy (non-hydrogen) atoms. The highest BCUT2D eigenvalue weighted by Crippen LogP contribution is 2.28. The minimum atomic E-state index is 0.113. The third-order valence-electron chi connectivity index (χ3n) is 3.07. The Kier molecular flexibility index (Phi) is 5.12. The van der Waals surface area contributed by atoms with Gasteiger partial charge in [-0.15, -0.1) is 0 Å². The second kappa shape index (κ2) is 6.85. The minimum absolute atomic E-state index is 0.113. The molecule has 0 aliphatic rings. The van der Waals surface area contributed by atoms with Crippen molar-refractivity contribution in [3.05, 3.63) is 41.4 Å². The van der Waals surface area contributed by atoms with Crippen LogP contribution in [0.3, 0.4) is 0 Å². The molecule has 1 aromatic heterocycles. The van der Waals surface area contributed by atoms with E-state index < -0.39 is 0 Å². The van der Waals surface area contributed by atoms with Crippen molar-refractivity contribution in [1.29, 1.82) is 0 Å². The lowest BCUT2D eigenvalue weighted by molar-refractivity contribution is 0.242. The van der Waals surface area contributed by atoms with Gasteiger partial charge in [0.25, 0.3) is 0 Å². The van der Waals surface area contributed by atoms with E-state index in [1.54, 1.807) is 0 Å². The van der Waals surface area contributed by atoms with Crippen molar-refractivity contribution in [3.63, 3.8) is 0 Å². The van der Waals surface area contributed by atoms with E-state index in [1.165, 1.54) is 0 Å². The van der Waals surface area contributed by atoms with Gasteiger partial charge in [0.05, 0.1) is 29.7 Å². The fourth-order valence-electron chi connectivity index (χ4n) is 2.09. The molecule has 0 atom stereocenters. The number of hydrogen-bond acceptors (Lipinski definition) is 3. The summed E-state index contributed by atoms with van der Waals surface area (Å²) in [5.74, 6) is 0.712. The fraction of sp³-hybridized carbons (Fsp3) is 0.438. The van der Waals surface area contributed by atoms with Crippen LogP contribution < -0.4 is 10.1 Å². The highest BCUT2D eigenvalue weighted by molar-refractivity contribution is 6.32. The Morgan fingerprint density at radius 1 is 1.29 bits per heavy atom. The predicted molar refractivity (Wildman–Crippen MR) is 87.2 cm³/mol. The topological polar surface area (TPSA) is 39.1 Å². The Bertz CT molecular complexity index is 593. The number of aromatic nitrogens is 2.